The molecule has 99 heavy (non-hydrogen) atoms. The SMILES string of the molecule is CC(C)Cc1ccc(OC2CCOCC2)nc1.CC(C)Cc1ccc(Oc2ccccc2)nc1.CC(C)Cc1ccc(Oc2cccnc2)nc1.Cc1cc(CC(C)C)cnc1C.Cc1cc(CC(C)C)cnc1Cl.Cc1cc(CC(C)C)cnc1F.Cc1ncc(CC(C)C)cc1Cl. The molecule has 0 saturated carbocycles. The number of nitrogens with zero attached hydrogens (tertiary/aromatic N) is 8. The van der Waals surface area contributed by atoms with Gasteiger partial charge < -0.3 is 18.9 Å². The van der Waals surface area contributed by atoms with Crippen LogP contribution < -0.4 is 14.2 Å². The standard InChI is InChI=1S/C15H17NO.C14H16N2O.C14H21NO2.C11H17N.2C10H14ClN.C10H14FN/c1-12(2)10-13-8-9-15(16-11-13)17-14-6-4-3-5-7-14;1-11(2)8-12-5-6-14(16-9-12)17-13-4-3-7-15-10-13;1-11(2)9-12-3-4-14(15-10-12)17-13-5-7-16-8-6-13;1-8(2)5-11-6-9(3)10(4)12-7-11;1-7(2)4-9-5-10(11)8(3)12-6-9;2*1-7(2)4-9-5-8(3)10(11)12-6-9/h3-9,11-12H,10H2,1-2H3;3-7,9-11H,8H2,1-2H3;3-4,10-11,13H,5-9H2,1-2H3;6-8H,5H2,1-4H3;3*5-7H,4H2,1-3H3. The number of aryl methyl sites for hydroxylation is 5. The van der Waals surface area contributed by atoms with E-state index in [1.165, 1.54) is 38.9 Å². The number of hydrogen-bond donors (Lipinski definition) is 0. The summed E-state index contributed by atoms with van der Waals surface area (Å²) in [7, 11) is 0. The van der Waals surface area contributed by atoms with Crippen molar-refractivity contribution >= 4 is 23.2 Å². The van der Waals surface area contributed by atoms with Crippen LogP contribution in [0.25, 0.3) is 0 Å². The van der Waals surface area contributed by atoms with Gasteiger partial charge in [-0.25, -0.2) is 24.9 Å². The third kappa shape index (κ3) is 36.8. The van der Waals surface area contributed by atoms with Gasteiger partial charge in [0, 0.05) is 91.9 Å². The molecule has 0 atom stereocenters. The van der Waals surface area contributed by atoms with Gasteiger partial charge in [0.25, 0.3) is 0 Å². The second kappa shape index (κ2) is 45.9. The molecule has 0 aliphatic carbocycles. The summed E-state index contributed by atoms with van der Waals surface area (Å²) in [6.45, 7) is 42.2. The second-order valence-electron chi connectivity index (χ2n) is 28.4. The minimum Gasteiger partial charge on any atom is -0.474 e. The number of pyridine rings is 8. The van der Waals surface area contributed by atoms with Gasteiger partial charge in [-0.3, -0.25) is 15.0 Å². The summed E-state index contributed by atoms with van der Waals surface area (Å²) in [5, 5.41) is 1.38. The molecule has 8 aromatic heterocycles. The summed E-state index contributed by atoms with van der Waals surface area (Å²) in [5.41, 5.74) is 13.8. The molecule has 0 amide bonds. The van der Waals surface area contributed by atoms with Crippen molar-refractivity contribution < 1.29 is 23.3 Å². The lowest BCUT2D eigenvalue weighted by Gasteiger charge is -2.22. The van der Waals surface area contributed by atoms with Gasteiger partial charge in [0.15, 0.2) is 0 Å². The Bertz CT molecular complexity index is 3320. The average Bonchev–Trinajstić information content (AvgIpc) is 1.11. The van der Waals surface area contributed by atoms with Crippen molar-refractivity contribution in [1.82, 2.24) is 39.9 Å². The molecule has 9 heterocycles. The molecule has 1 fully saturated rings. The van der Waals surface area contributed by atoms with E-state index in [2.05, 4.69) is 181 Å². The minimum absolute atomic E-state index is 0.271. The zero-order valence-electron chi connectivity index (χ0n) is 62.8. The van der Waals surface area contributed by atoms with E-state index in [1.807, 2.05) is 124 Å². The Labute approximate surface area is 604 Å². The van der Waals surface area contributed by atoms with Gasteiger partial charge in [-0.15, -0.1) is 0 Å². The molecular formula is C84H113Cl2FN8O4. The van der Waals surface area contributed by atoms with E-state index in [0.29, 0.717) is 69.7 Å². The van der Waals surface area contributed by atoms with E-state index in [-0.39, 0.29) is 12.1 Å². The van der Waals surface area contributed by atoms with E-state index in [0.717, 1.165) is 110 Å². The van der Waals surface area contributed by atoms with Gasteiger partial charge in [0.2, 0.25) is 23.6 Å². The van der Waals surface area contributed by atoms with E-state index in [1.54, 1.807) is 25.5 Å². The first-order chi connectivity index (χ1) is 47.1. The molecule has 9 aromatic rings. The van der Waals surface area contributed by atoms with Crippen LogP contribution in [-0.2, 0) is 49.7 Å². The molecule has 1 aliphatic heterocycles. The molecule has 0 bridgehead atoms. The normalized spacial score (nSPS) is 11.8. The van der Waals surface area contributed by atoms with E-state index in [9.17, 15) is 4.39 Å². The molecule has 534 valence electrons. The van der Waals surface area contributed by atoms with Crippen molar-refractivity contribution in [3.8, 4) is 29.1 Å². The number of halogens is 3. The first-order valence-corrected chi connectivity index (χ1v) is 36.0. The smallest absolute Gasteiger partial charge is 0.219 e. The molecule has 0 N–H and O–H groups in total. The third-order valence-corrected chi connectivity index (χ3v) is 15.6. The fraction of sp³-hybridized carbons (Fsp3) is 0.452. The van der Waals surface area contributed by atoms with Gasteiger partial charge in [-0.1, -0.05) is 175 Å². The van der Waals surface area contributed by atoms with Crippen LogP contribution in [-0.4, -0.2) is 59.2 Å². The zero-order valence-corrected chi connectivity index (χ0v) is 64.3. The first kappa shape index (κ1) is 83.7. The van der Waals surface area contributed by atoms with Crippen molar-refractivity contribution in [2.45, 2.75) is 195 Å². The Morgan fingerprint density at radius 1 is 0.394 bits per heavy atom. The lowest BCUT2D eigenvalue weighted by atomic mass is 10.0. The van der Waals surface area contributed by atoms with Gasteiger partial charge in [0.05, 0.1) is 30.1 Å². The van der Waals surface area contributed by atoms with Crippen LogP contribution in [0.3, 0.4) is 0 Å². The van der Waals surface area contributed by atoms with Crippen LogP contribution in [0.15, 0.2) is 159 Å². The number of benzene rings is 1. The fourth-order valence-electron chi connectivity index (χ4n) is 10.1. The molecule has 0 radical (unpaired) electrons. The summed E-state index contributed by atoms with van der Waals surface area (Å²) in [6, 6.07) is 33.6. The molecule has 0 unspecified atom stereocenters. The number of para-hydroxylation sites is 1. The quantitative estimate of drug-likeness (QED) is 0.0671. The van der Waals surface area contributed by atoms with Crippen molar-refractivity contribution in [2.75, 3.05) is 13.2 Å². The fourth-order valence-corrected chi connectivity index (χ4v) is 10.4. The summed E-state index contributed by atoms with van der Waals surface area (Å²) in [5.74, 6) is 7.75. The minimum atomic E-state index is -0.359. The number of rotatable bonds is 20. The maximum absolute atomic E-state index is 12.7. The number of aromatic nitrogens is 8. The zero-order chi connectivity index (χ0) is 72.8. The summed E-state index contributed by atoms with van der Waals surface area (Å²) >= 11 is 11.7. The molecule has 15 heteroatoms. The highest BCUT2D eigenvalue weighted by molar-refractivity contribution is 6.31. The van der Waals surface area contributed by atoms with E-state index >= 15 is 0 Å². The summed E-state index contributed by atoms with van der Waals surface area (Å²) in [6.07, 6.45) is 26.0. The van der Waals surface area contributed by atoms with Crippen LogP contribution in [0, 0.1) is 82.0 Å². The van der Waals surface area contributed by atoms with Crippen molar-refractivity contribution in [3.63, 3.8) is 0 Å². The van der Waals surface area contributed by atoms with Crippen molar-refractivity contribution in [3.05, 3.63) is 242 Å². The molecule has 10 rings (SSSR count). The van der Waals surface area contributed by atoms with Gasteiger partial charge in [0.1, 0.15) is 22.8 Å². The molecule has 0 spiro atoms. The second-order valence-corrected chi connectivity index (χ2v) is 29.2. The van der Waals surface area contributed by atoms with Crippen LogP contribution in [0.1, 0.15) is 177 Å². The van der Waals surface area contributed by atoms with Crippen LogP contribution in [0.5, 0.6) is 29.1 Å². The van der Waals surface area contributed by atoms with Crippen LogP contribution >= 0.6 is 23.2 Å². The van der Waals surface area contributed by atoms with Crippen LogP contribution in [0.2, 0.25) is 10.2 Å². The predicted molar refractivity (Wildman–Crippen MR) is 408 cm³/mol. The monoisotopic (exact) mass is 1390 g/mol. The van der Waals surface area contributed by atoms with E-state index < -0.39 is 0 Å². The Morgan fingerprint density at radius 3 is 1.18 bits per heavy atom. The molecule has 12 nitrogen and oxygen atoms in total. The number of hydrogen-bond acceptors (Lipinski definition) is 12. The number of ether oxygens (including phenoxy) is 4. The first-order valence-electron chi connectivity index (χ1n) is 35.2. The molecular weight excluding hydrogens is 1270 g/mol. The summed E-state index contributed by atoms with van der Waals surface area (Å²) in [4.78, 5) is 33.2. The van der Waals surface area contributed by atoms with Gasteiger partial charge >= 0.3 is 0 Å². The van der Waals surface area contributed by atoms with E-state index in [4.69, 9.17) is 42.1 Å². The summed E-state index contributed by atoms with van der Waals surface area (Å²) < 4.78 is 35.0. The van der Waals surface area contributed by atoms with Crippen LogP contribution in [0.4, 0.5) is 4.39 Å². The van der Waals surface area contributed by atoms with Gasteiger partial charge in [-0.2, -0.15) is 4.39 Å². The highest BCUT2D eigenvalue weighted by atomic mass is 35.5. The van der Waals surface area contributed by atoms with Gasteiger partial charge in [-0.05, 0) is 201 Å². The Hall–Kier alpha value is -7.71. The maximum atomic E-state index is 12.7. The molecule has 1 aliphatic rings. The van der Waals surface area contributed by atoms with Crippen molar-refractivity contribution in [1.29, 1.82) is 0 Å². The highest BCUT2D eigenvalue weighted by Gasteiger charge is 2.16. The predicted octanol–water partition coefficient (Wildman–Crippen LogP) is 22.5. The average molecular weight is 1390 g/mol. The third-order valence-electron chi connectivity index (χ3n) is 14.8. The Morgan fingerprint density at radius 2 is 0.778 bits per heavy atom. The highest BCUT2D eigenvalue weighted by Crippen LogP contribution is 2.23. The Kier molecular flexibility index (Phi) is 38.8. The maximum Gasteiger partial charge on any atom is 0.219 e. The lowest BCUT2D eigenvalue weighted by molar-refractivity contribution is 0.0237. The molecule has 1 aromatic carbocycles. The topological polar surface area (TPSA) is 140 Å². The lowest BCUT2D eigenvalue weighted by Crippen LogP contribution is -2.26. The van der Waals surface area contributed by atoms with Crippen molar-refractivity contribution in [2.24, 2.45) is 41.4 Å². The largest absolute Gasteiger partial charge is 0.474 e. The Balaban J connectivity index is 0.000000247. The molecule has 1 saturated heterocycles.